The van der Waals surface area contributed by atoms with E-state index in [4.69, 9.17) is 16.3 Å². The first-order valence-electron chi connectivity index (χ1n) is 6.16. The van der Waals surface area contributed by atoms with Crippen molar-refractivity contribution >= 4 is 11.7 Å². The predicted octanol–water partition coefficient (Wildman–Crippen LogP) is -2.93. The number of ether oxygens (including phenoxy) is 1. The first-order valence-corrected chi connectivity index (χ1v) is 6.16. The minimum atomic E-state index is -1.52. The van der Waals surface area contributed by atoms with Crippen LogP contribution in [-0.2, 0) is 9.53 Å². The van der Waals surface area contributed by atoms with E-state index in [0.29, 0.717) is 0 Å². The van der Waals surface area contributed by atoms with E-state index in [2.05, 4.69) is 4.98 Å². The summed E-state index contributed by atoms with van der Waals surface area (Å²) in [4.78, 5) is 27.3. The number of hydrazine groups is 1. The molecule has 2 rings (SSSR count). The fourth-order valence-corrected chi connectivity index (χ4v) is 2.38. The molecule has 0 bridgehead atoms. The number of hydrogen-bond acceptors (Lipinski definition) is 8. The Bertz CT molecular complexity index is 605. The van der Waals surface area contributed by atoms with Crippen molar-refractivity contribution in [2.45, 2.75) is 25.4 Å². The molecule has 10 heteroatoms. The van der Waals surface area contributed by atoms with E-state index in [-0.39, 0.29) is 5.82 Å². The zero-order valence-corrected chi connectivity index (χ0v) is 11.3. The number of aliphatic hydroxyl groups is 2. The molecule has 0 aliphatic carbocycles. The van der Waals surface area contributed by atoms with Crippen molar-refractivity contribution in [2.24, 2.45) is 11.3 Å². The number of carbonyl (C=O) groups excluding carboxylic acids is 1. The third-order valence-electron chi connectivity index (χ3n) is 3.77. The Morgan fingerprint density at radius 1 is 1.67 bits per heavy atom. The van der Waals surface area contributed by atoms with Crippen molar-refractivity contribution in [3.63, 3.8) is 0 Å². The predicted molar refractivity (Wildman–Crippen MR) is 70.3 cm³/mol. The van der Waals surface area contributed by atoms with Gasteiger partial charge in [-0.1, -0.05) is 0 Å². The number of nitrogen functional groups attached to an aromatic ring is 1. The highest BCUT2D eigenvalue weighted by molar-refractivity contribution is 5.83. The molecule has 21 heavy (non-hydrogen) atoms. The lowest BCUT2D eigenvalue weighted by atomic mass is 9.79. The number of amides is 1. The lowest BCUT2D eigenvalue weighted by Gasteiger charge is -2.29. The molecule has 1 amide bonds. The average Bonchev–Trinajstić information content (AvgIpc) is 2.71. The molecule has 0 spiro atoms. The Kier molecular flexibility index (Phi) is 3.96. The maximum atomic E-state index is 11.9. The number of rotatable bonds is 3. The highest BCUT2D eigenvalue weighted by atomic mass is 16.5. The molecule has 0 saturated carbocycles. The molecule has 1 aromatic rings. The molecule has 1 aliphatic heterocycles. The van der Waals surface area contributed by atoms with Crippen LogP contribution in [0.15, 0.2) is 17.1 Å². The lowest BCUT2D eigenvalue weighted by Crippen LogP contribution is -2.53. The third-order valence-corrected chi connectivity index (χ3v) is 3.77. The van der Waals surface area contributed by atoms with E-state index in [1.165, 1.54) is 19.2 Å². The van der Waals surface area contributed by atoms with E-state index in [1.54, 1.807) is 0 Å². The fraction of sp³-hybridized carbons (Fsp3) is 0.545. The summed E-state index contributed by atoms with van der Waals surface area (Å²) in [6, 6.07) is 1.35. The van der Waals surface area contributed by atoms with Gasteiger partial charge in [-0.2, -0.15) is 4.98 Å². The van der Waals surface area contributed by atoms with Crippen LogP contribution in [0.1, 0.15) is 13.2 Å². The quantitative estimate of drug-likeness (QED) is 0.225. The van der Waals surface area contributed by atoms with Crippen LogP contribution in [0.4, 0.5) is 5.82 Å². The number of nitrogens with one attached hydrogen (secondary N) is 1. The van der Waals surface area contributed by atoms with E-state index < -0.39 is 42.1 Å². The van der Waals surface area contributed by atoms with Gasteiger partial charge in [-0.25, -0.2) is 10.6 Å². The van der Waals surface area contributed by atoms with Gasteiger partial charge in [0.25, 0.3) is 0 Å². The number of aliphatic hydroxyl groups excluding tert-OH is 2. The molecular weight excluding hydrogens is 282 g/mol. The minimum absolute atomic E-state index is 0.0184. The fourth-order valence-electron chi connectivity index (χ4n) is 2.38. The first kappa shape index (κ1) is 15.4. The van der Waals surface area contributed by atoms with Crippen molar-refractivity contribution in [2.75, 3.05) is 12.3 Å². The number of aromatic nitrogens is 2. The number of nitrogens with two attached hydrogens (primary N) is 2. The summed E-state index contributed by atoms with van der Waals surface area (Å²) in [5.41, 5.74) is 5.05. The van der Waals surface area contributed by atoms with Crippen LogP contribution in [0.3, 0.4) is 0 Å². The minimum Gasteiger partial charge on any atom is -0.394 e. The van der Waals surface area contributed by atoms with Crippen molar-refractivity contribution < 1.29 is 19.7 Å². The maximum Gasteiger partial charge on any atom is 0.351 e. The molecule has 1 aliphatic rings. The second kappa shape index (κ2) is 5.41. The monoisotopic (exact) mass is 299 g/mol. The Morgan fingerprint density at radius 2 is 2.33 bits per heavy atom. The zero-order chi connectivity index (χ0) is 15.8. The Morgan fingerprint density at radius 3 is 2.86 bits per heavy atom. The van der Waals surface area contributed by atoms with Crippen LogP contribution in [0.25, 0.3) is 0 Å². The molecule has 1 aromatic heterocycles. The van der Waals surface area contributed by atoms with Gasteiger partial charge in [0.05, 0.1) is 6.61 Å². The molecule has 0 radical (unpaired) electrons. The topological polar surface area (TPSA) is 166 Å². The van der Waals surface area contributed by atoms with Gasteiger partial charge in [0, 0.05) is 6.20 Å². The van der Waals surface area contributed by atoms with Crippen LogP contribution in [0.5, 0.6) is 0 Å². The largest absolute Gasteiger partial charge is 0.394 e. The second-order valence-corrected chi connectivity index (χ2v) is 4.94. The normalized spacial score (nSPS) is 32.1. The highest BCUT2D eigenvalue weighted by Crippen LogP contribution is 2.43. The van der Waals surface area contributed by atoms with Gasteiger partial charge in [0.2, 0.25) is 5.91 Å². The number of nitrogens with zero attached hydrogens (tertiary/aromatic N) is 2. The summed E-state index contributed by atoms with van der Waals surface area (Å²) in [6.45, 7) is 0.852. The van der Waals surface area contributed by atoms with Crippen molar-refractivity contribution in [1.82, 2.24) is 15.0 Å². The lowest BCUT2D eigenvalue weighted by molar-refractivity contribution is -0.138. The molecular formula is C11H17N5O5. The van der Waals surface area contributed by atoms with Gasteiger partial charge in [-0.05, 0) is 13.0 Å². The van der Waals surface area contributed by atoms with Crippen LogP contribution >= 0.6 is 0 Å². The summed E-state index contributed by atoms with van der Waals surface area (Å²) in [7, 11) is 0. The van der Waals surface area contributed by atoms with E-state index in [1.807, 2.05) is 5.43 Å². The molecule has 1 unspecified atom stereocenters. The number of anilines is 1. The van der Waals surface area contributed by atoms with E-state index in [0.717, 1.165) is 4.57 Å². The van der Waals surface area contributed by atoms with Gasteiger partial charge in [0.1, 0.15) is 23.4 Å². The maximum absolute atomic E-state index is 11.9. The summed E-state index contributed by atoms with van der Waals surface area (Å²) in [6.07, 6.45) is -2.35. The van der Waals surface area contributed by atoms with Gasteiger partial charge in [-0.15, -0.1) is 0 Å². The van der Waals surface area contributed by atoms with E-state index in [9.17, 15) is 19.8 Å². The molecule has 0 aromatic carbocycles. The Hall–Kier alpha value is -2.01. The molecule has 4 atom stereocenters. The van der Waals surface area contributed by atoms with Gasteiger partial charge >= 0.3 is 5.69 Å². The Balaban J connectivity index is 2.44. The van der Waals surface area contributed by atoms with Crippen molar-refractivity contribution in [3.8, 4) is 0 Å². The van der Waals surface area contributed by atoms with Gasteiger partial charge in [-0.3, -0.25) is 14.8 Å². The number of carbonyl (C=O) groups is 1. The van der Waals surface area contributed by atoms with Crippen molar-refractivity contribution in [1.29, 1.82) is 0 Å². The molecule has 116 valence electrons. The summed E-state index contributed by atoms with van der Waals surface area (Å²) >= 11 is 0. The molecule has 10 nitrogen and oxygen atoms in total. The zero-order valence-electron chi connectivity index (χ0n) is 11.3. The number of hydrogen-bond donors (Lipinski definition) is 5. The smallest absolute Gasteiger partial charge is 0.351 e. The SMILES string of the molecule is C[C@@]1(C(=O)NN)C(O)[C@H](n2ccc(N)nc2=O)O[C@@H]1CO. The molecule has 1 saturated heterocycles. The highest BCUT2D eigenvalue weighted by Gasteiger charge is 2.58. The average molecular weight is 299 g/mol. The van der Waals surface area contributed by atoms with E-state index >= 15 is 0 Å². The van der Waals surface area contributed by atoms with Gasteiger partial charge in [0.15, 0.2) is 6.23 Å². The molecule has 7 N–H and O–H groups in total. The standard InChI is InChI=1S/C11H17N5O5/c1-11(9(19)15-13)5(4-17)21-8(7(11)18)16-3-2-6(12)14-10(16)20/h2-3,5,7-8,17-18H,4,13H2,1H3,(H,15,19)(H2,12,14,20)/t5-,7?,8-,11+/m1/s1. The third kappa shape index (κ3) is 2.27. The summed E-state index contributed by atoms with van der Waals surface area (Å²) in [5, 5.41) is 19.7. The van der Waals surface area contributed by atoms with Crippen LogP contribution in [-0.4, -0.2) is 44.5 Å². The van der Waals surface area contributed by atoms with Crippen LogP contribution in [0.2, 0.25) is 0 Å². The van der Waals surface area contributed by atoms with Crippen LogP contribution in [0, 0.1) is 5.41 Å². The summed E-state index contributed by atoms with van der Waals surface area (Å²) < 4.78 is 6.43. The summed E-state index contributed by atoms with van der Waals surface area (Å²) in [5.74, 6) is 4.41. The molecule has 1 fully saturated rings. The van der Waals surface area contributed by atoms with Crippen LogP contribution < -0.4 is 22.7 Å². The second-order valence-electron chi connectivity index (χ2n) is 4.94. The Labute approximate surface area is 119 Å². The molecule has 2 heterocycles. The first-order chi connectivity index (χ1) is 9.86. The van der Waals surface area contributed by atoms with Gasteiger partial charge < -0.3 is 20.7 Å². The van der Waals surface area contributed by atoms with Crippen molar-refractivity contribution in [3.05, 3.63) is 22.7 Å².